The number of benzene rings is 2. The Bertz CT molecular complexity index is 1120. The molecule has 0 spiro atoms. The summed E-state index contributed by atoms with van der Waals surface area (Å²) in [5.41, 5.74) is 2.76. The number of aryl methyl sites for hydroxylation is 1. The van der Waals surface area contributed by atoms with Gasteiger partial charge in [-0.25, -0.2) is 4.39 Å². The minimum absolute atomic E-state index is 0.0446. The number of pyridine rings is 1. The lowest BCUT2D eigenvalue weighted by Gasteiger charge is -2.09. The van der Waals surface area contributed by atoms with Gasteiger partial charge in [-0.3, -0.25) is 9.20 Å². The molecule has 0 radical (unpaired) electrons. The van der Waals surface area contributed by atoms with E-state index in [2.05, 4.69) is 10.2 Å². The number of carbonyl (C=O) groups excluding carboxylic acids is 1. The van der Waals surface area contributed by atoms with Crippen molar-refractivity contribution in [3.63, 3.8) is 0 Å². The van der Waals surface area contributed by atoms with Crippen molar-refractivity contribution in [3.05, 3.63) is 95.7 Å². The highest BCUT2D eigenvalue weighted by Crippen LogP contribution is 2.18. The van der Waals surface area contributed by atoms with Crippen LogP contribution in [0.25, 0.3) is 5.65 Å². The molecule has 0 atom stereocenters. The smallest absolute Gasteiger partial charge is 0.163 e. The predicted octanol–water partition coefficient (Wildman–Crippen LogP) is 4.26. The third-order valence-corrected chi connectivity index (χ3v) is 4.51. The van der Waals surface area contributed by atoms with Crippen LogP contribution in [0.3, 0.4) is 0 Å². The molecule has 0 amide bonds. The van der Waals surface area contributed by atoms with Crippen LogP contribution in [-0.4, -0.2) is 20.4 Å². The Labute approximate surface area is 161 Å². The molecule has 0 aliphatic rings. The van der Waals surface area contributed by atoms with Crippen LogP contribution in [0.2, 0.25) is 0 Å². The summed E-state index contributed by atoms with van der Waals surface area (Å²) in [5.74, 6) is 0.412. The minimum Gasteiger partial charge on any atom is -0.489 e. The van der Waals surface area contributed by atoms with Gasteiger partial charge in [0.05, 0.1) is 0 Å². The monoisotopic (exact) mass is 375 g/mol. The topological polar surface area (TPSA) is 56.5 Å². The van der Waals surface area contributed by atoms with Gasteiger partial charge in [-0.1, -0.05) is 30.3 Å². The van der Waals surface area contributed by atoms with Gasteiger partial charge in [-0.2, -0.15) is 0 Å². The van der Waals surface area contributed by atoms with E-state index in [1.165, 1.54) is 6.07 Å². The molecule has 6 heteroatoms. The maximum absolute atomic E-state index is 13.7. The summed E-state index contributed by atoms with van der Waals surface area (Å²) in [7, 11) is 0. The number of Topliss-reactive ketones (excluding diaryl/α,β-unsaturated/α-hetero) is 1. The van der Waals surface area contributed by atoms with Crippen LogP contribution >= 0.6 is 0 Å². The number of ether oxygens (including phenoxy) is 1. The molecule has 0 fully saturated rings. The molecule has 4 rings (SSSR count). The quantitative estimate of drug-likeness (QED) is 0.453. The number of rotatable bonds is 7. The SMILES string of the molecule is O=C(CCc1cccc(OCc2ccccc2F)c1)c1ccn2cnnc2c1. The van der Waals surface area contributed by atoms with Crippen molar-refractivity contribution < 1.29 is 13.9 Å². The fourth-order valence-electron chi connectivity index (χ4n) is 2.96. The van der Waals surface area contributed by atoms with E-state index in [1.54, 1.807) is 47.3 Å². The molecule has 0 aliphatic carbocycles. The highest BCUT2D eigenvalue weighted by molar-refractivity contribution is 5.96. The van der Waals surface area contributed by atoms with E-state index in [1.807, 2.05) is 24.3 Å². The largest absolute Gasteiger partial charge is 0.489 e. The first kappa shape index (κ1) is 17.9. The van der Waals surface area contributed by atoms with Crippen molar-refractivity contribution in [3.8, 4) is 5.75 Å². The van der Waals surface area contributed by atoms with Gasteiger partial charge in [0.1, 0.15) is 24.5 Å². The summed E-state index contributed by atoms with van der Waals surface area (Å²) < 4.78 is 21.2. The van der Waals surface area contributed by atoms with Gasteiger partial charge in [0.25, 0.3) is 0 Å². The van der Waals surface area contributed by atoms with E-state index < -0.39 is 0 Å². The van der Waals surface area contributed by atoms with Gasteiger partial charge in [0.15, 0.2) is 11.4 Å². The van der Waals surface area contributed by atoms with Gasteiger partial charge in [0, 0.05) is 23.7 Å². The molecule has 2 heterocycles. The van der Waals surface area contributed by atoms with Crippen LogP contribution in [0.4, 0.5) is 4.39 Å². The number of halogens is 1. The fourth-order valence-corrected chi connectivity index (χ4v) is 2.96. The van der Waals surface area contributed by atoms with E-state index in [-0.39, 0.29) is 18.2 Å². The third kappa shape index (κ3) is 4.06. The van der Waals surface area contributed by atoms with Gasteiger partial charge in [-0.15, -0.1) is 10.2 Å². The Balaban J connectivity index is 1.37. The molecule has 0 N–H and O–H groups in total. The van der Waals surface area contributed by atoms with Gasteiger partial charge in [0.2, 0.25) is 0 Å². The molecule has 0 saturated carbocycles. The molecule has 5 nitrogen and oxygen atoms in total. The average molecular weight is 375 g/mol. The van der Waals surface area contributed by atoms with E-state index in [0.717, 1.165) is 5.56 Å². The molecule has 2 aromatic carbocycles. The molecule has 0 bridgehead atoms. The standard InChI is InChI=1S/C22H18FN3O2/c23-20-7-2-1-5-18(20)14-28-19-6-3-4-16(12-19)8-9-21(27)17-10-11-26-15-24-25-22(26)13-17/h1-7,10-13,15H,8-9,14H2. The molecule has 140 valence electrons. The maximum atomic E-state index is 13.7. The normalized spacial score (nSPS) is 10.9. The van der Waals surface area contributed by atoms with Crippen LogP contribution in [0.5, 0.6) is 5.75 Å². The van der Waals surface area contributed by atoms with Gasteiger partial charge >= 0.3 is 0 Å². The van der Waals surface area contributed by atoms with E-state index >= 15 is 0 Å². The van der Waals surface area contributed by atoms with E-state index in [4.69, 9.17) is 4.74 Å². The van der Waals surface area contributed by atoms with Crippen molar-refractivity contribution in [2.75, 3.05) is 0 Å². The average Bonchev–Trinajstić information content (AvgIpc) is 3.19. The van der Waals surface area contributed by atoms with Crippen molar-refractivity contribution in [1.29, 1.82) is 0 Å². The summed E-state index contributed by atoms with van der Waals surface area (Å²) in [6.07, 6.45) is 4.34. The number of hydrogen-bond acceptors (Lipinski definition) is 4. The van der Waals surface area contributed by atoms with E-state index in [0.29, 0.717) is 35.4 Å². The lowest BCUT2D eigenvalue weighted by Crippen LogP contribution is -2.03. The highest BCUT2D eigenvalue weighted by Gasteiger charge is 2.09. The summed E-state index contributed by atoms with van der Waals surface area (Å²) in [4.78, 5) is 12.5. The Morgan fingerprint density at radius 1 is 1.07 bits per heavy atom. The van der Waals surface area contributed by atoms with Crippen molar-refractivity contribution >= 4 is 11.4 Å². The lowest BCUT2D eigenvalue weighted by atomic mass is 10.0. The molecular formula is C22H18FN3O2. The number of hydrogen-bond donors (Lipinski definition) is 0. The predicted molar refractivity (Wildman–Crippen MR) is 103 cm³/mol. The molecular weight excluding hydrogens is 357 g/mol. The first-order chi connectivity index (χ1) is 13.7. The summed E-state index contributed by atoms with van der Waals surface area (Å²) >= 11 is 0. The number of fused-ring (bicyclic) bond motifs is 1. The van der Waals surface area contributed by atoms with Gasteiger partial charge < -0.3 is 4.74 Å². The van der Waals surface area contributed by atoms with Crippen LogP contribution in [0, 0.1) is 5.82 Å². The molecule has 0 unspecified atom stereocenters. The first-order valence-corrected chi connectivity index (χ1v) is 8.97. The molecule has 2 aromatic heterocycles. The second kappa shape index (κ2) is 8.00. The van der Waals surface area contributed by atoms with Crippen LogP contribution < -0.4 is 4.74 Å². The Morgan fingerprint density at radius 3 is 2.86 bits per heavy atom. The second-order valence-corrected chi connectivity index (χ2v) is 6.46. The lowest BCUT2D eigenvalue weighted by molar-refractivity contribution is 0.0982. The summed E-state index contributed by atoms with van der Waals surface area (Å²) in [6, 6.07) is 17.6. The number of aromatic nitrogens is 3. The zero-order chi connectivity index (χ0) is 19.3. The molecule has 0 aliphatic heterocycles. The second-order valence-electron chi connectivity index (χ2n) is 6.46. The van der Waals surface area contributed by atoms with E-state index in [9.17, 15) is 9.18 Å². The summed E-state index contributed by atoms with van der Waals surface area (Å²) in [6.45, 7) is 0.160. The van der Waals surface area contributed by atoms with Gasteiger partial charge in [-0.05, 0) is 42.3 Å². The molecule has 0 saturated heterocycles. The maximum Gasteiger partial charge on any atom is 0.163 e. The van der Waals surface area contributed by atoms with Crippen LogP contribution in [-0.2, 0) is 13.0 Å². The number of nitrogens with zero attached hydrogens (tertiary/aromatic N) is 3. The van der Waals surface area contributed by atoms with Crippen molar-refractivity contribution in [2.24, 2.45) is 0 Å². The van der Waals surface area contributed by atoms with Crippen LogP contribution in [0.15, 0.2) is 73.2 Å². The summed E-state index contributed by atoms with van der Waals surface area (Å²) in [5, 5.41) is 7.77. The Hall–Kier alpha value is -3.54. The molecule has 4 aromatic rings. The Morgan fingerprint density at radius 2 is 1.96 bits per heavy atom. The minimum atomic E-state index is -0.283. The fraction of sp³-hybridized carbons (Fsp3) is 0.136. The zero-order valence-electron chi connectivity index (χ0n) is 15.1. The molecule has 28 heavy (non-hydrogen) atoms. The highest BCUT2D eigenvalue weighted by atomic mass is 19.1. The first-order valence-electron chi connectivity index (χ1n) is 8.97. The number of carbonyl (C=O) groups is 1. The Kier molecular flexibility index (Phi) is 5.10. The van der Waals surface area contributed by atoms with Crippen LogP contribution in [0.1, 0.15) is 27.9 Å². The van der Waals surface area contributed by atoms with Crippen molar-refractivity contribution in [2.45, 2.75) is 19.4 Å². The third-order valence-electron chi connectivity index (χ3n) is 4.51. The number of ketones is 1. The van der Waals surface area contributed by atoms with Crippen molar-refractivity contribution in [1.82, 2.24) is 14.6 Å². The zero-order valence-corrected chi connectivity index (χ0v) is 15.1.